The van der Waals surface area contributed by atoms with Gasteiger partial charge < -0.3 is 14.6 Å². The van der Waals surface area contributed by atoms with Crippen molar-refractivity contribution in [1.29, 1.82) is 0 Å². The minimum atomic E-state index is 0.407. The van der Waals surface area contributed by atoms with E-state index in [1.807, 2.05) is 24.3 Å². The van der Waals surface area contributed by atoms with Crippen molar-refractivity contribution in [3.63, 3.8) is 0 Å². The predicted octanol–water partition coefficient (Wildman–Crippen LogP) is 2.14. The lowest BCUT2D eigenvalue weighted by molar-refractivity contribution is 0.360. The summed E-state index contributed by atoms with van der Waals surface area (Å²) < 4.78 is 10.6. The number of nitrogens with one attached hydrogen (secondary N) is 1. The van der Waals surface area contributed by atoms with Crippen molar-refractivity contribution in [1.82, 2.24) is 15.5 Å². The maximum atomic E-state index is 5.48. The second-order valence-electron chi connectivity index (χ2n) is 6.12. The van der Waals surface area contributed by atoms with Crippen LogP contribution in [0.1, 0.15) is 36.0 Å². The Hall–Kier alpha value is -1.88. The van der Waals surface area contributed by atoms with Gasteiger partial charge in [-0.25, -0.2) is 0 Å². The van der Waals surface area contributed by atoms with Crippen molar-refractivity contribution in [2.24, 2.45) is 5.41 Å². The summed E-state index contributed by atoms with van der Waals surface area (Å²) in [7, 11) is 1.67. The van der Waals surface area contributed by atoms with Gasteiger partial charge in [0, 0.05) is 18.9 Å². The topological polar surface area (TPSA) is 60.2 Å². The summed E-state index contributed by atoms with van der Waals surface area (Å²) in [6.45, 7) is 2.21. The number of methoxy groups -OCH3 is 1. The van der Waals surface area contributed by atoms with Crippen LogP contribution in [0, 0.1) is 5.41 Å². The average Bonchev–Trinajstić information content (AvgIpc) is 2.86. The number of nitrogens with zero attached hydrogens (tertiary/aromatic N) is 2. The molecule has 2 unspecified atom stereocenters. The normalized spacial score (nSPS) is 27.2. The highest BCUT2D eigenvalue weighted by molar-refractivity contribution is 5.29. The van der Waals surface area contributed by atoms with Crippen molar-refractivity contribution in [3.05, 3.63) is 41.5 Å². The van der Waals surface area contributed by atoms with E-state index in [0.717, 1.165) is 36.1 Å². The molecule has 1 saturated carbocycles. The Morgan fingerprint density at radius 3 is 2.95 bits per heavy atom. The van der Waals surface area contributed by atoms with Gasteiger partial charge in [0.05, 0.1) is 7.11 Å². The van der Waals surface area contributed by atoms with Gasteiger partial charge in [0.15, 0.2) is 5.82 Å². The first-order valence-electron chi connectivity index (χ1n) is 7.45. The first kappa shape index (κ1) is 12.8. The molecule has 0 amide bonds. The minimum Gasteiger partial charge on any atom is -0.497 e. The highest BCUT2D eigenvalue weighted by Crippen LogP contribution is 2.62. The van der Waals surface area contributed by atoms with Crippen LogP contribution in [-0.4, -0.2) is 30.3 Å². The Morgan fingerprint density at radius 1 is 1.38 bits per heavy atom. The van der Waals surface area contributed by atoms with Gasteiger partial charge in [-0.2, -0.15) is 4.98 Å². The van der Waals surface area contributed by atoms with E-state index in [0.29, 0.717) is 17.8 Å². The Bertz CT molecular complexity index is 629. The van der Waals surface area contributed by atoms with Gasteiger partial charge in [-0.1, -0.05) is 17.3 Å². The first-order valence-corrected chi connectivity index (χ1v) is 7.45. The summed E-state index contributed by atoms with van der Waals surface area (Å²) in [6.07, 6.45) is 3.11. The first-order chi connectivity index (χ1) is 10.3. The number of hydrogen-bond acceptors (Lipinski definition) is 5. The lowest BCUT2D eigenvalue weighted by atomic mass is 10.0. The number of ether oxygens (including phenoxy) is 1. The summed E-state index contributed by atoms with van der Waals surface area (Å²) >= 11 is 0. The van der Waals surface area contributed by atoms with Crippen molar-refractivity contribution in [3.8, 4) is 5.75 Å². The third-order valence-corrected chi connectivity index (χ3v) is 4.77. The maximum absolute atomic E-state index is 5.48. The number of benzene rings is 1. The zero-order valence-corrected chi connectivity index (χ0v) is 12.1. The molecule has 1 aliphatic carbocycles. The monoisotopic (exact) mass is 285 g/mol. The smallest absolute Gasteiger partial charge is 0.230 e. The van der Waals surface area contributed by atoms with E-state index in [4.69, 9.17) is 9.26 Å². The van der Waals surface area contributed by atoms with Gasteiger partial charge in [-0.15, -0.1) is 0 Å². The number of rotatable bonds is 4. The van der Waals surface area contributed by atoms with E-state index in [1.165, 1.54) is 12.8 Å². The molecule has 2 heterocycles. The fourth-order valence-electron chi connectivity index (χ4n) is 3.34. The van der Waals surface area contributed by atoms with Crippen molar-refractivity contribution < 1.29 is 9.26 Å². The molecule has 0 radical (unpaired) electrons. The second-order valence-corrected chi connectivity index (χ2v) is 6.12. The standard InChI is InChI=1S/C16H19N3O2/c1-20-12-4-2-11(3-5-12)8-14-18-15(21-19-14)13-9-16(13)6-7-17-10-16/h2-5,13,17H,6-10H2,1H3. The quantitative estimate of drug-likeness (QED) is 0.932. The van der Waals surface area contributed by atoms with Gasteiger partial charge in [0.25, 0.3) is 0 Å². The molecule has 1 aliphatic heterocycles. The van der Waals surface area contributed by atoms with E-state index in [1.54, 1.807) is 7.11 Å². The zero-order chi connectivity index (χ0) is 14.3. The molecule has 2 aromatic rings. The Balaban J connectivity index is 1.45. The average molecular weight is 285 g/mol. The van der Waals surface area contributed by atoms with Crippen LogP contribution in [0.5, 0.6) is 5.75 Å². The summed E-state index contributed by atoms with van der Waals surface area (Å²) in [4.78, 5) is 4.59. The third-order valence-electron chi connectivity index (χ3n) is 4.77. The number of aromatic nitrogens is 2. The molecule has 2 aliphatic rings. The Morgan fingerprint density at radius 2 is 2.24 bits per heavy atom. The van der Waals surface area contributed by atoms with Crippen LogP contribution in [0.25, 0.3) is 0 Å². The largest absolute Gasteiger partial charge is 0.497 e. The molecule has 2 fully saturated rings. The summed E-state index contributed by atoms with van der Waals surface area (Å²) in [5.41, 5.74) is 1.57. The molecule has 1 N–H and O–H groups in total. The zero-order valence-electron chi connectivity index (χ0n) is 12.1. The van der Waals surface area contributed by atoms with Gasteiger partial charge in [0.2, 0.25) is 5.89 Å². The summed E-state index contributed by atoms with van der Waals surface area (Å²) in [6, 6.07) is 7.98. The van der Waals surface area contributed by atoms with Crippen LogP contribution in [-0.2, 0) is 6.42 Å². The SMILES string of the molecule is COc1ccc(Cc2noc(C3CC34CCNC4)n2)cc1. The van der Waals surface area contributed by atoms with E-state index in [9.17, 15) is 0 Å². The molecule has 2 atom stereocenters. The third kappa shape index (κ3) is 2.31. The fourth-order valence-corrected chi connectivity index (χ4v) is 3.34. The predicted molar refractivity (Wildman–Crippen MR) is 77.4 cm³/mol. The van der Waals surface area contributed by atoms with Crippen molar-refractivity contribution >= 4 is 0 Å². The highest BCUT2D eigenvalue weighted by atomic mass is 16.5. The molecular formula is C16H19N3O2. The van der Waals surface area contributed by atoms with Crippen molar-refractivity contribution in [2.75, 3.05) is 20.2 Å². The molecule has 21 heavy (non-hydrogen) atoms. The van der Waals surface area contributed by atoms with Crippen LogP contribution in [0.3, 0.4) is 0 Å². The van der Waals surface area contributed by atoms with Crippen molar-refractivity contribution in [2.45, 2.75) is 25.2 Å². The molecular weight excluding hydrogens is 266 g/mol. The molecule has 5 nitrogen and oxygen atoms in total. The molecule has 0 bridgehead atoms. The molecule has 5 heteroatoms. The summed E-state index contributed by atoms with van der Waals surface area (Å²) in [5.74, 6) is 2.91. The second kappa shape index (κ2) is 4.84. The minimum absolute atomic E-state index is 0.407. The number of hydrogen-bond donors (Lipinski definition) is 1. The van der Waals surface area contributed by atoms with Crippen LogP contribution in [0.2, 0.25) is 0 Å². The molecule has 110 valence electrons. The van der Waals surface area contributed by atoms with Crippen LogP contribution in [0.15, 0.2) is 28.8 Å². The van der Waals surface area contributed by atoms with E-state index < -0.39 is 0 Å². The maximum Gasteiger partial charge on any atom is 0.230 e. The summed E-state index contributed by atoms with van der Waals surface area (Å²) in [5, 5.41) is 7.56. The molecule has 1 spiro atoms. The lowest BCUT2D eigenvalue weighted by Gasteiger charge is -2.02. The molecule has 1 aromatic heterocycles. The van der Waals surface area contributed by atoms with Gasteiger partial charge in [-0.05, 0) is 42.5 Å². The van der Waals surface area contributed by atoms with Gasteiger partial charge >= 0.3 is 0 Å². The van der Waals surface area contributed by atoms with Crippen LogP contribution in [0.4, 0.5) is 0 Å². The Kier molecular flexibility index (Phi) is 2.96. The van der Waals surface area contributed by atoms with Gasteiger partial charge in [-0.3, -0.25) is 0 Å². The Labute approximate surface area is 123 Å². The highest BCUT2D eigenvalue weighted by Gasteiger charge is 2.58. The lowest BCUT2D eigenvalue weighted by Crippen LogP contribution is -2.10. The van der Waals surface area contributed by atoms with E-state index in [-0.39, 0.29) is 0 Å². The van der Waals surface area contributed by atoms with Crippen LogP contribution < -0.4 is 10.1 Å². The van der Waals surface area contributed by atoms with Gasteiger partial charge in [0.1, 0.15) is 5.75 Å². The molecule has 4 rings (SSSR count). The molecule has 1 saturated heterocycles. The van der Waals surface area contributed by atoms with Crippen LogP contribution >= 0.6 is 0 Å². The fraction of sp³-hybridized carbons (Fsp3) is 0.500. The van der Waals surface area contributed by atoms with E-state index in [2.05, 4.69) is 15.5 Å². The molecule has 1 aromatic carbocycles. The van der Waals surface area contributed by atoms with E-state index >= 15 is 0 Å².